The topological polar surface area (TPSA) is 92.3 Å². The highest BCUT2D eigenvalue weighted by Crippen LogP contribution is 2.30. The molecule has 3 aromatic rings. The average Bonchev–Trinajstić information content (AvgIpc) is 3.21. The van der Waals surface area contributed by atoms with Gasteiger partial charge < -0.3 is 9.88 Å². The van der Waals surface area contributed by atoms with Gasteiger partial charge in [0.1, 0.15) is 16.8 Å². The van der Waals surface area contributed by atoms with E-state index in [1.54, 1.807) is 12.3 Å². The third kappa shape index (κ3) is 3.34. The van der Waals surface area contributed by atoms with Crippen molar-refractivity contribution in [2.45, 2.75) is 52.5 Å². The number of rotatable bonds is 4. The first kappa shape index (κ1) is 19.4. The summed E-state index contributed by atoms with van der Waals surface area (Å²) in [6, 6.07) is 5.37. The average molecular weight is 393 g/mol. The van der Waals surface area contributed by atoms with Crippen LogP contribution in [0.5, 0.6) is 0 Å². The number of amides is 1. The molecule has 2 N–H and O–H groups in total. The predicted molar refractivity (Wildman–Crippen MR) is 112 cm³/mol. The second kappa shape index (κ2) is 7.46. The first-order valence-corrected chi connectivity index (χ1v) is 10.3. The molecule has 1 aliphatic rings. The Morgan fingerprint density at radius 2 is 2.03 bits per heavy atom. The van der Waals surface area contributed by atoms with Gasteiger partial charge in [0.05, 0.1) is 10.9 Å². The van der Waals surface area contributed by atoms with Crippen LogP contribution in [0.15, 0.2) is 29.2 Å². The van der Waals surface area contributed by atoms with Crippen LogP contribution in [0, 0.1) is 18.3 Å². The van der Waals surface area contributed by atoms with E-state index in [1.165, 1.54) is 4.40 Å². The van der Waals surface area contributed by atoms with Crippen LogP contribution in [-0.4, -0.2) is 26.4 Å². The summed E-state index contributed by atoms with van der Waals surface area (Å²) in [6.45, 7) is 6.48. The van der Waals surface area contributed by atoms with Crippen molar-refractivity contribution in [2.75, 3.05) is 6.54 Å². The van der Waals surface area contributed by atoms with E-state index in [0.29, 0.717) is 29.1 Å². The number of carbonyl (C=O) groups excluding carboxylic acids is 1. The van der Waals surface area contributed by atoms with Crippen LogP contribution in [0.3, 0.4) is 0 Å². The van der Waals surface area contributed by atoms with Gasteiger partial charge >= 0.3 is 0 Å². The Morgan fingerprint density at radius 1 is 1.31 bits per heavy atom. The SMILES string of the molecule is Cc1cccn2c(=O)c3cc(C(=O)NCC(C)C)c(=N)n(C4CCCC4)c3nc12. The second-order valence-electron chi connectivity index (χ2n) is 8.36. The molecule has 0 radical (unpaired) electrons. The number of pyridine rings is 2. The molecule has 0 atom stereocenters. The number of nitrogens with one attached hydrogen (secondary N) is 2. The van der Waals surface area contributed by atoms with Gasteiger partial charge in [-0.15, -0.1) is 0 Å². The molecule has 1 aliphatic carbocycles. The molecule has 0 aliphatic heterocycles. The van der Waals surface area contributed by atoms with E-state index in [-0.39, 0.29) is 28.6 Å². The highest BCUT2D eigenvalue weighted by Gasteiger charge is 2.24. The minimum Gasteiger partial charge on any atom is -0.352 e. The maximum absolute atomic E-state index is 13.3. The van der Waals surface area contributed by atoms with Crippen molar-refractivity contribution in [2.24, 2.45) is 5.92 Å². The van der Waals surface area contributed by atoms with Gasteiger partial charge in [-0.1, -0.05) is 32.8 Å². The van der Waals surface area contributed by atoms with E-state index < -0.39 is 0 Å². The minimum atomic E-state index is -0.314. The fourth-order valence-electron chi connectivity index (χ4n) is 4.14. The summed E-state index contributed by atoms with van der Waals surface area (Å²) >= 11 is 0. The Hall–Kier alpha value is -2.96. The Balaban J connectivity index is 2.04. The molecule has 3 heterocycles. The molecule has 0 spiro atoms. The van der Waals surface area contributed by atoms with E-state index in [9.17, 15) is 9.59 Å². The molecule has 1 amide bonds. The quantitative estimate of drug-likeness (QED) is 0.668. The van der Waals surface area contributed by atoms with Gasteiger partial charge in [0.15, 0.2) is 0 Å². The summed E-state index contributed by atoms with van der Waals surface area (Å²) in [5, 5.41) is 12.1. The number of nitrogens with zero attached hydrogens (tertiary/aromatic N) is 3. The highest BCUT2D eigenvalue weighted by atomic mass is 16.1. The molecule has 152 valence electrons. The maximum atomic E-state index is 13.3. The smallest absolute Gasteiger partial charge is 0.267 e. The standard InChI is InChI=1S/C22H27N5O2/c1-13(2)12-24-21(28)16-11-17-20(27(18(16)23)15-8-4-5-9-15)25-19-14(3)7-6-10-26(19)22(17)29/h6-7,10-11,13,15,23H,4-5,8-9,12H2,1-3H3,(H,24,28). The van der Waals surface area contributed by atoms with Gasteiger partial charge in [0, 0.05) is 18.8 Å². The summed E-state index contributed by atoms with van der Waals surface area (Å²) in [4.78, 5) is 30.9. The van der Waals surface area contributed by atoms with Crippen LogP contribution in [-0.2, 0) is 0 Å². The molecular weight excluding hydrogens is 366 g/mol. The van der Waals surface area contributed by atoms with E-state index >= 15 is 0 Å². The molecule has 0 aromatic carbocycles. The maximum Gasteiger partial charge on any atom is 0.267 e. The molecule has 29 heavy (non-hydrogen) atoms. The first-order valence-electron chi connectivity index (χ1n) is 10.3. The molecule has 4 rings (SSSR count). The normalized spacial score (nSPS) is 14.9. The van der Waals surface area contributed by atoms with Crippen LogP contribution >= 0.6 is 0 Å². The zero-order valence-corrected chi connectivity index (χ0v) is 17.2. The largest absolute Gasteiger partial charge is 0.352 e. The zero-order valence-electron chi connectivity index (χ0n) is 17.2. The Bertz CT molecular complexity index is 1220. The first-order chi connectivity index (χ1) is 13.9. The second-order valence-corrected chi connectivity index (χ2v) is 8.36. The molecule has 0 saturated heterocycles. The predicted octanol–water partition coefficient (Wildman–Crippen LogP) is 2.94. The summed E-state index contributed by atoms with van der Waals surface area (Å²) in [5.74, 6) is -0.0131. The van der Waals surface area contributed by atoms with Crippen molar-refractivity contribution in [3.05, 3.63) is 51.4 Å². The van der Waals surface area contributed by atoms with Gasteiger partial charge in [-0.3, -0.25) is 19.4 Å². The van der Waals surface area contributed by atoms with E-state index in [4.69, 9.17) is 10.4 Å². The van der Waals surface area contributed by atoms with Crippen molar-refractivity contribution in [1.82, 2.24) is 19.3 Å². The van der Waals surface area contributed by atoms with Crippen LogP contribution in [0.4, 0.5) is 0 Å². The fourth-order valence-corrected chi connectivity index (χ4v) is 4.14. The number of fused-ring (bicyclic) bond motifs is 2. The van der Waals surface area contributed by atoms with Gasteiger partial charge in [0.25, 0.3) is 11.5 Å². The molecule has 3 aromatic heterocycles. The Morgan fingerprint density at radius 3 is 2.72 bits per heavy atom. The van der Waals surface area contributed by atoms with Crippen molar-refractivity contribution in [3.63, 3.8) is 0 Å². The van der Waals surface area contributed by atoms with Gasteiger partial charge in [-0.2, -0.15) is 0 Å². The molecular formula is C22H27N5O2. The molecule has 1 fully saturated rings. The third-order valence-electron chi connectivity index (χ3n) is 5.68. The van der Waals surface area contributed by atoms with Crippen molar-refractivity contribution < 1.29 is 4.79 Å². The number of aromatic nitrogens is 3. The summed E-state index contributed by atoms with van der Waals surface area (Å²) in [7, 11) is 0. The fraction of sp³-hybridized carbons (Fsp3) is 0.455. The Kier molecular flexibility index (Phi) is 4.98. The number of carbonyl (C=O) groups is 1. The lowest BCUT2D eigenvalue weighted by atomic mass is 10.1. The zero-order chi connectivity index (χ0) is 20.7. The van der Waals surface area contributed by atoms with Crippen molar-refractivity contribution in [3.8, 4) is 0 Å². The molecule has 1 saturated carbocycles. The van der Waals surface area contributed by atoms with Crippen LogP contribution in [0.2, 0.25) is 0 Å². The van der Waals surface area contributed by atoms with Gasteiger partial charge in [-0.05, 0) is 43.4 Å². The monoisotopic (exact) mass is 393 g/mol. The lowest BCUT2D eigenvalue weighted by molar-refractivity contribution is 0.0946. The summed E-state index contributed by atoms with van der Waals surface area (Å²) in [5.41, 5.74) is 2.15. The number of aryl methyl sites for hydroxylation is 1. The third-order valence-corrected chi connectivity index (χ3v) is 5.68. The van der Waals surface area contributed by atoms with Crippen LogP contribution in [0.25, 0.3) is 16.7 Å². The summed E-state index contributed by atoms with van der Waals surface area (Å²) in [6.07, 6.45) is 5.71. The van der Waals surface area contributed by atoms with Crippen molar-refractivity contribution >= 4 is 22.6 Å². The van der Waals surface area contributed by atoms with Crippen LogP contribution in [0.1, 0.15) is 61.5 Å². The van der Waals surface area contributed by atoms with Gasteiger partial charge in [0.2, 0.25) is 0 Å². The lowest BCUT2D eigenvalue weighted by Crippen LogP contribution is -2.37. The molecule has 7 heteroatoms. The van der Waals surface area contributed by atoms with E-state index in [0.717, 1.165) is 31.2 Å². The minimum absolute atomic E-state index is 0.0845. The molecule has 0 bridgehead atoms. The Labute approximate surface area is 168 Å². The molecule has 7 nitrogen and oxygen atoms in total. The number of hydrogen-bond acceptors (Lipinski definition) is 4. The molecule has 0 unspecified atom stereocenters. The number of hydrogen-bond donors (Lipinski definition) is 2. The lowest BCUT2D eigenvalue weighted by Gasteiger charge is -2.20. The van der Waals surface area contributed by atoms with Crippen molar-refractivity contribution in [1.29, 1.82) is 5.41 Å². The van der Waals surface area contributed by atoms with Crippen LogP contribution < -0.4 is 16.4 Å². The van der Waals surface area contributed by atoms with E-state index in [2.05, 4.69) is 5.32 Å². The van der Waals surface area contributed by atoms with Gasteiger partial charge in [-0.25, -0.2) is 4.98 Å². The van der Waals surface area contributed by atoms with E-state index in [1.807, 2.05) is 37.5 Å². The highest BCUT2D eigenvalue weighted by molar-refractivity contribution is 5.96. The summed E-state index contributed by atoms with van der Waals surface area (Å²) < 4.78 is 3.34.